The molecule has 1 unspecified atom stereocenters. The van der Waals surface area contributed by atoms with Gasteiger partial charge in [0.05, 0.1) is 18.7 Å². The first-order chi connectivity index (χ1) is 15.6. The molecule has 6 heteroatoms. The highest BCUT2D eigenvalue weighted by Crippen LogP contribution is 2.43. The van der Waals surface area contributed by atoms with Gasteiger partial charge in [0.15, 0.2) is 22.9 Å². The van der Waals surface area contributed by atoms with Gasteiger partial charge in [0.25, 0.3) is 5.91 Å². The van der Waals surface area contributed by atoms with Gasteiger partial charge in [-0.3, -0.25) is 9.59 Å². The number of carbonyl (C=O) groups excluding carboxylic acids is 2. The van der Waals surface area contributed by atoms with Crippen molar-refractivity contribution in [1.82, 2.24) is 4.90 Å². The second-order valence-corrected chi connectivity index (χ2v) is 8.40. The SMILES string of the molecule is COc1cccc2cc(C(=O)C3=C(O)C(=O)N(C4CCCCC4)C3c3ccccc3)oc12. The van der Waals surface area contributed by atoms with E-state index in [-0.39, 0.29) is 17.4 Å². The molecule has 1 saturated carbocycles. The fraction of sp³-hybridized carbons (Fsp3) is 0.308. The van der Waals surface area contributed by atoms with Crippen LogP contribution in [-0.2, 0) is 4.79 Å². The number of carbonyl (C=O) groups is 2. The smallest absolute Gasteiger partial charge is 0.290 e. The van der Waals surface area contributed by atoms with Crippen LogP contribution >= 0.6 is 0 Å². The lowest BCUT2D eigenvalue weighted by atomic mass is 9.90. The van der Waals surface area contributed by atoms with Crippen LogP contribution in [-0.4, -0.2) is 34.8 Å². The molecule has 1 aliphatic carbocycles. The summed E-state index contributed by atoms with van der Waals surface area (Å²) in [5.41, 5.74) is 1.33. The van der Waals surface area contributed by atoms with E-state index >= 15 is 0 Å². The lowest BCUT2D eigenvalue weighted by molar-refractivity contribution is -0.132. The Morgan fingerprint density at radius 1 is 1.06 bits per heavy atom. The van der Waals surface area contributed by atoms with Gasteiger partial charge in [-0.25, -0.2) is 0 Å². The van der Waals surface area contributed by atoms with Crippen molar-refractivity contribution in [3.63, 3.8) is 0 Å². The molecule has 0 bridgehead atoms. The van der Waals surface area contributed by atoms with E-state index < -0.39 is 23.5 Å². The van der Waals surface area contributed by atoms with E-state index in [2.05, 4.69) is 0 Å². The molecule has 3 aromatic rings. The van der Waals surface area contributed by atoms with Crippen LogP contribution < -0.4 is 4.74 Å². The molecule has 1 aromatic heterocycles. The molecule has 6 nitrogen and oxygen atoms in total. The molecule has 2 aromatic carbocycles. The zero-order valence-electron chi connectivity index (χ0n) is 17.9. The third-order valence-electron chi connectivity index (χ3n) is 6.52. The number of benzene rings is 2. The highest BCUT2D eigenvalue weighted by Gasteiger charge is 2.47. The standard InChI is InChI=1S/C26H25NO5/c1-31-19-14-8-11-17-15-20(32-25(17)19)23(28)21-22(16-9-4-2-5-10-16)27(26(30)24(21)29)18-12-6-3-7-13-18/h2,4-5,8-11,14-15,18,22,29H,3,6-7,12-13H2,1H3. The number of amides is 1. The minimum atomic E-state index is -0.644. The monoisotopic (exact) mass is 431 g/mol. The van der Waals surface area contributed by atoms with Gasteiger partial charge in [0.1, 0.15) is 0 Å². The van der Waals surface area contributed by atoms with Crippen LogP contribution in [0.1, 0.15) is 54.3 Å². The number of para-hydroxylation sites is 1. The number of fused-ring (bicyclic) bond motifs is 1. The number of ether oxygens (including phenoxy) is 1. The molecule has 164 valence electrons. The Balaban J connectivity index is 1.60. The lowest BCUT2D eigenvalue weighted by Crippen LogP contribution is -2.41. The molecule has 1 aliphatic heterocycles. The average molecular weight is 431 g/mol. The summed E-state index contributed by atoms with van der Waals surface area (Å²) in [6, 6.07) is 15.8. The summed E-state index contributed by atoms with van der Waals surface area (Å²) in [5, 5.41) is 11.6. The summed E-state index contributed by atoms with van der Waals surface area (Å²) >= 11 is 0. The van der Waals surface area contributed by atoms with Gasteiger partial charge in [-0.2, -0.15) is 0 Å². The minimum absolute atomic E-state index is 0.00956. The summed E-state index contributed by atoms with van der Waals surface area (Å²) in [6.45, 7) is 0. The molecule has 32 heavy (non-hydrogen) atoms. The maximum absolute atomic E-state index is 13.7. The summed E-state index contributed by atoms with van der Waals surface area (Å²) in [6.07, 6.45) is 4.94. The molecule has 1 amide bonds. The number of aliphatic hydroxyl groups excluding tert-OH is 1. The first-order valence-electron chi connectivity index (χ1n) is 11.0. The van der Waals surface area contributed by atoms with Gasteiger partial charge in [-0.1, -0.05) is 61.7 Å². The molecular weight excluding hydrogens is 406 g/mol. The van der Waals surface area contributed by atoms with Crippen molar-refractivity contribution in [3.05, 3.63) is 77.3 Å². The van der Waals surface area contributed by atoms with E-state index in [1.165, 1.54) is 7.11 Å². The summed E-state index contributed by atoms with van der Waals surface area (Å²) in [7, 11) is 1.54. The van der Waals surface area contributed by atoms with Gasteiger partial charge in [-0.15, -0.1) is 0 Å². The van der Waals surface area contributed by atoms with Crippen LogP contribution in [0.4, 0.5) is 0 Å². The van der Waals surface area contributed by atoms with Gasteiger partial charge >= 0.3 is 0 Å². The zero-order chi connectivity index (χ0) is 22.2. The Kier molecular flexibility index (Phi) is 5.21. The van der Waals surface area contributed by atoms with Crippen molar-refractivity contribution >= 4 is 22.7 Å². The third-order valence-corrected chi connectivity index (χ3v) is 6.52. The summed E-state index contributed by atoms with van der Waals surface area (Å²) in [5.74, 6) is -0.859. The van der Waals surface area contributed by atoms with Crippen molar-refractivity contribution in [2.24, 2.45) is 0 Å². The van der Waals surface area contributed by atoms with Crippen LogP contribution in [0.25, 0.3) is 11.0 Å². The molecule has 0 spiro atoms. The Bertz CT molecular complexity index is 1200. The van der Waals surface area contributed by atoms with Gasteiger partial charge in [0, 0.05) is 11.4 Å². The predicted octanol–water partition coefficient (Wildman–Crippen LogP) is 5.35. The van der Waals surface area contributed by atoms with Crippen molar-refractivity contribution in [1.29, 1.82) is 0 Å². The highest BCUT2D eigenvalue weighted by atomic mass is 16.5. The fourth-order valence-electron chi connectivity index (χ4n) is 5.00. The number of aliphatic hydroxyl groups is 1. The van der Waals surface area contributed by atoms with Crippen LogP contribution in [0.3, 0.4) is 0 Å². The third kappa shape index (κ3) is 3.27. The number of hydrogen-bond acceptors (Lipinski definition) is 5. The Hall–Kier alpha value is -3.54. The summed E-state index contributed by atoms with van der Waals surface area (Å²) in [4.78, 5) is 28.6. The normalized spacial score (nSPS) is 19.7. The van der Waals surface area contributed by atoms with Crippen molar-refractivity contribution < 1.29 is 23.8 Å². The maximum Gasteiger partial charge on any atom is 0.290 e. The molecule has 2 aliphatic rings. The second-order valence-electron chi connectivity index (χ2n) is 8.40. The Morgan fingerprint density at radius 3 is 2.53 bits per heavy atom. The minimum Gasteiger partial charge on any atom is -0.503 e. The first kappa shape index (κ1) is 20.4. The topological polar surface area (TPSA) is 80.0 Å². The van der Waals surface area contributed by atoms with Crippen LogP contribution in [0.2, 0.25) is 0 Å². The highest BCUT2D eigenvalue weighted by molar-refractivity contribution is 6.16. The molecule has 0 radical (unpaired) electrons. The van der Waals surface area contributed by atoms with E-state index in [1.54, 1.807) is 17.0 Å². The quantitative estimate of drug-likeness (QED) is 0.551. The van der Waals surface area contributed by atoms with Crippen molar-refractivity contribution in [2.75, 3.05) is 7.11 Å². The van der Waals surface area contributed by atoms with Crippen LogP contribution in [0.5, 0.6) is 5.75 Å². The number of furan rings is 1. The Morgan fingerprint density at radius 2 is 1.81 bits per heavy atom. The van der Waals surface area contributed by atoms with E-state index in [0.717, 1.165) is 43.1 Å². The number of methoxy groups -OCH3 is 1. The molecule has 5 rings (SSSR count). The lowest BCUT2D eigenvalue weighted by Gasteiger charge is -2.36. The molecule has 2 heterocycles. The fourth-order valence-corrected chi connectivity index (χ4v) is 5.00. The van der Waals surface area contributed by atoms with E-state index in [0.29, 0.717) is 11.3 Å². The zero-order valence-corrected chi connectivity index (χ0v) is 17.9. The van der Waals surface area contributed by atoms with Crippen LogP contribution in [0, 0.1) is 0 Å². The number of hydrogen-bond donors (Lipinski definition) is 1. The second kappa shape index (κ2) is 8.19. The summed E-state index contributed by atoms with van der Waals surface area (Å²) < 4.78 is 11.2. The van der Waals surface area contributed by atoms with Gasteiger partial charge in [-0.05, 0) is 30.5 Å². The number of Topliss-reactive ketones (excluding diaryl/α,β-unsaturated/α-hetero) is 1. The van der Waals surface area contributed by atoms with Crippen molar-refractivity contribution in [3.8, 4) is 5.75 Å². The molecule has 0 saturated heterocycles. The maximum atomic E-state index is 13.7. The number of ketones is 1. The largest absolute Gasteiger partial charge is 0.503 e. The molecule has 1 N–H and O–H groups in total. The first-order valence-corrected chi connectivity index (χ1v) is 11.0. The molecule has 1 fully saturated rings. The van der Waals surface area contributed by atoms with Gasteiger partial charge < -0.3 is 19.2 Å². The molecular formula is C26H25NO5. The number of rotatable bonds is 5. The van der Waals surface area contributed by atoms with Crippen molar-refractivity contribution in [2.45, 2.75) is 44.2 Å². The Labute approximate surface area is 186 Å². The van der Waals surface area contributed by atoms with E-state index in [9.17, 15) is 14.7 Å². The number of nitrogens with zero attached hydrogens (tertiary/aromatic N) is 1. The predicted molar refractivity (Wildman–Crippen MR) is 120 cm³/mol. The van der Waals surface area contributed by atoms with Gasteiger partial charge in [0.2, 0.25) is 5.78 Å². The van der Waals surface area contributed by atoms with Crippen LogP contribution in [0.15, 0.2) is 70.3 Å². The van der Waals surface area contributed by atoms with E-state index in [1.807, 2.05) is 42.5 Å². The average Bonchev–Trinajstić information content (AvgIpc) is 3.39. The van der Waals surface area contributed by atoms with E-state index in [4.69, 9.17) is 9.15 Å². The molecule has 1 atom stereocenters.